The molecule has 1 aliphatic rings. The quantitative estimate of drug-likeness (QED) is 0.835. The van der Waals surface area contributed by atoms with Gasteiger partial charge in [0.25, 0.3) is 5.91 Å². The molecule has 0 spiro atoms. The Morgan fingerprint density at radius 1 is 1.40 bits per heavy atom. The van der Waals surface area contributed by atoms with Crippen LogP contribution in [0.1, 0.15) is 16.8 Å². The van der Waals surface area contributed by atoms with Crippen LogP contribution in [0, 0.1) is 0 Å². The second kappa shape index (κ2) is 5.09. The van der Waals surface area contributed by atoms with Gasteiger partial charge in [0, 0.05) is 18.0 Å². The number of rotatable bonds is 2. The Labute approximate surface area is 116 Å². The summed E-state index contributed by atoms with van der Waals surface area (Å²) >= 11 is 0. The zero-order chi connectivity index (χ0) is 14.1. The second-order valence-electron chi connectivity index (χ2n) is 5.21. The lowest BCUT2D eigenvalue weighted by molar-refractivity contribution is 0.0935. The minimum atomic E-state index is -0.590. The lowest BCUT2D eigenvalue weighted by Gasteiger charge is -2.12. The van der Waals surface area contributed by atoms with Crippen molar-refractivity contribution in [2.24, 2.45) is 0 Å². The van der Waals surface area contributed by atoms with E-state index < -0.39 is 5.63 Å². The lowest BCUT2D eigenvalue weighted by Crippen LogP contribution is -2.38. The molecule has 1 aromatic heterocycles. The van der Waals surface area contributed by atoms with E-state index in [0.717, 1.165) is 24.9 Å². The molecular formula is C15H16N2O3. The van der Waals surface area contributed by atoms with Crippen LogP contribution in [-0.2, 0) is 0 Å². The van der Waals surface area contributed by atoms with Crippen LogP contribution in [0.5, 0.6) is 0 Å². The van der Waals surface area contributed by atoms with Gasteiger partial charge in [0.15, 0.2) is 0 Å². The number of fused-ring (bicyclic) bond motifs is 1. The van der Waals surface area contributed by atoms with E-state index in [9.17, 15) is 9.59 Å². The molecule has 0 bridgehead atoms. The fraction of sp³-hybridized carbons (Fsp3) is 0.333. The number of likely N-dealkylation sites (tertiary alicyclic amines) is 1. The first-order chi connectivity index (χ1) is 9.63. The Morgan fingerprint density at radius 2 is 2.20 bits per heavy atom. The summed E-state index contributed by atoms with van der Waals surface area (Å²) in [7, 11) is 2.01. The Balaban J connectivity index is 1.87. The Kier molecular flexibility index (Phi) is 3.28. The molecule has 1 unspecified atom stereocenters. The highest BCUT2D eigenvalue weighted by Gasteiger charge is 2.23. The molecule has 1 aromatic carbocycles. The predicted octanol–water partition coefficient (Wildman–Crippen LogP) is 1.23. The second-order valence-corrected chi connectivity index (χ2v) is 5.21. The van der Waals surface area contributed by atoms with Crippen LogP contribution in [0.25, 0.3) is 11.0 Å². The third-order valence-electron chi connectivity index (χ3n) is 3.61. The predicted molar refractivity (Wildman–Crippen MR) is 75.9 cm³/mol. The van der Waals surface area contributed by atoms with Crippen LogP contribution in [-0.4, -0.2) is 37.0 Å². The van der Waals surface area contributed by atoms with Crippen molar-refractivity contribution in [2.45, 2.75) is 12.5 Å². The van der Waals surface area contributed by atoms with E-state index in [0.29, 0.717) is 5.58 Å². The summed E-state index contributed by atoms with van der Waals surface area (Å²) < 4.78 is 5.17. The Morgan fingerprint density at radius 3 is 2.95 bits per heavy atom. The number of nitrogens with one attached hydrogen (secondary N) is 1. The minimum absolute atomic E-state index is 0.0678. The molecule has 1 fully saturated rings. The number of carbonyl (C=O) groups is 1. The first-order valence-corrected chi connectivity index (χ1v) is 6.66. The molecule has 1 atom stereocenters. The van der Waals surface area contributed by atoms with Gasteiger partial charge in [0.2, 0.25) is 0 Å². The van der Waals surface area contributed by atoms with Gasteiger partial charge >= 0.3 is 5.63 Å². The Bertz CT molecular complexity index is 708. The fourth-order valence-electron chi connectivity index (χ4n) is 2.54. The highest BCUT2D eigenvalue weighted by Crippen LogP contribution is 2.13. The van der Waals surface area contributed by atoms with Crippen LogP contribution < -0.4 is 10.9 Å². The molecule has 2 heterocycles. The first kappa shape index (κ1) is 12.9. The number of hydrogen-bond acceptors (Lipinski definition) is 4. The van der Waals surface area contributed by atoms with Crippen molar-refractivity contribution in [1.82, 2.24) is 10.2 Å². The monoisotopic (exact) mass is 272 g/mol. The molecule has 5 heteroatoms. The molecule has 0 saturated carbocycles. The third-order valence-corrected chi connectivity index (χ3v) is 3.61. The molecule has 20 heavy (non-hydrogen) atoms. The summed E-state index contributed by atoms with van der Waals surface area (Å²) in [5.74, 6) is -0.357. The van der Waals surface area contributed by atoms with Gasteiger partial charge in [-0.3, -0.25) is 4.79 Å². The summed E-state index contributed by atoms with van der Waals surface area (Å²) in [6, 6.07) is 8.85. The van der Waals surface area contributed by atoms with E-state index in [-0.39, 0.29) is 17.5 Å². The van der Waals surface area contributed by atoms with Gasteiger partial charge in [-0.05, 0) is 32.1 Å². The van der Waals surface area contributed by atoms with Gasteiger partial charge in [0.1, 0.15) is 11.1 Å². The standard InChI is InChI=1S/C15H16N2O3/c1-17-7-6-11(9-17)16-14(18)12-8-10-4-2-3-5-13(10)20-15(12)19/h2-5,8,11H,6-7,9H2,1H3,(H,16,18). The fourth-order valence-corrected chi connectivity index (χ4v) is 2.54. The van der Waals surface area contributed by atoms with Gasteiger partial charge in [-0.2, -0.15) is 0 Å². The molecule has 5 nitrogen and oxygen atoms in total. The van der Waals surface area contributed by atoms with Crippen molar-refractivity contribution in [1.29, 1.82) is 0 Å². The topological polar surface area (TPSA) is 62.6 Å². The summed E-state index contributed by atoms with van der Waals surface area (Å²) in [5.41, 5.74) is -0.0274. The van der Waals surface area contributed by atoms with Crippen molar-refractivity contribution in [3.63, 3.8) is 0 Å². The van der Waals surface area contributed by atoms with Gasteiger partial charge in [-0.1, -0.05) is 18.2 Å². The molecule has 0 aliphatic carbocycles. The van der Waals surface area contributed by atoms with Crippen LogP contribution in [0.3, 0.4) is 0 Å². The van der Waals surface area contributed by atoms with Crippen LogP contribution in [0.2, 0.25) is 0 Å². The number of hydrogen-bond donors (Lipinski definition) is 1. The SMILES string of the molecule is CN1CCC(NC(=O)c2cc3ccccc3oc2=O)C1. The number of amides is 1. The number of carbonyl (C=O) groups excluding carboxylic acids is 1. The third kappa shape index (κ3) is 2.44. The number of para-hydroxylation sites is 1. The minimum Gasteiger partial charge on any atom is -0.422 e. The summed E-state index contributed by atoms with van der Waals surface area (Å²) in [6.45, 7) is 1.77. The molecule has 1 aliphatic heterocycles. The van der Waals surface area contributed by atoms with Crippen molar-refractivity contribution in [2.75, 3.05) is 20.1 Å². The number of benzene rings is 1. The van der Waals surface area contributed by atoms with Gasteiger partial charge in [0.05, 0.1) is 0 Å². The van der Waals surface area contributed by atoms with Crippen molar-refractivity contribution in [3.8, 4) is 0 Å². The molecular weight excluding hydrogens is 256 g/mol. The van der Waals surface area contributed by atoms with E-state index in [1.807, 2.05) is 19.2 Å². The molecule has 1 amide bonds. The van der Waals surface area contributed by atoms with E-state index in [1.165, 1.54) is 0 Å². The molecule has 1 N–H and O–H groups in total. The van der Waals surface area contributed by atoms with Gasteiger partial charge < -0.3 is 14.6 Å². The van der Waals surface area contributed by atoms with Crippen molar-refractivity contribution in [3.05, 3.63) is 46.3 Å². The normalized spacial score (nSPS) is 19.4. The van der Waals surface area contributed by atoms with Gasteiger partial charge in [-0.15, -0.1) is 0 Å². The smallest absolute Gasteiger partial charge is 0.349 e. The molecule has 104 valence electrons. The zero-order valence-electron chi connectivity index (χ0n) is 11.3. The summed E-state index contributed by atoms with van der Waals surface area (Å²) in [6.07, 6.45) is 0.904. The summed E-state index contributed by atoms with van der Waals surface area (Å²) in [4.78, 5) is 26.2. The molecule has 1 saturated heterocycles. The highest BCUT2D eigenvalue weighted by atomic mass is 16.4. The Hall–Kier alpha value is -2.14. The van der Waals surface area contributed by atoms with Crippen molar-refractivity contribution >= 4 is 16.9 Å². The van der Waals surface area contributed by atoms with E-state index in [4.69, 9.17) is 4.42 Å². The maximum Gasteiger partial charge on any atom is 0.349 e. The average molecular weight is 272 g/mol. The molecule has 3 rings (SSSR count). The highest BCUT2D eigenvalue weighted by molar-refractivity contribution is 5.96. The largest absolute Gasteiger partial charge is 0.422 e. The maximum absolute atomic E-state index is 12.2. The number of likely N-dealkylation sites (N-methyl/N-ethyl adjacent to an activating group) is 1. The lowest BCUT2D eigenvalue weighted by atomic mass is 10.1. The van der Waals surface area contributed by atoms with E-state index in [2.05, 4.69) is 10.2 Å². The van der Waals surface area contributed by atoms with Crippen LogP contribution in [0.15, 0.2) is 39.5 Å². The van der Waals surface area contributed by atoms with Crippen LogP contribution >= 0.6 is 0 Å². The van der Waals surface area contributed by atoms with E-state index >= 15 is 0 Å². The summed E-state index contributed by atoms with van der Waals surface area (Å²) in [5, 5.41) is 3.64. The van der Waals surface area contributed by atoms with E-state index in [1.54, 1.807) is 18.2 Å². The zero-order valence-corrected chi connectivity index (χ0v) is 11.3. The van der Waals surface area contributed by atoms with Crippen LogP contribution in [0.4, 0.5) is 0 Å². The van der Waals surface area contributed by atoms with Crippen molar-refractivity contribution < 1.29 is 9.21 Å². The molecule has 2 aromatic rings. The average Bonchev–Trinajstić information content (AvgIpc) is 2.83. The first-order valence-electron chi connectivity index (χ1n) is 6.66. The molecule has 0 radical (unpaired) electrons. The van der Waals surface area contributed by atoms with Gasteiger partial charge in [-0.25, -0.2) is 4.79 Å². The number of nitrogens with zero attached hydrogens (tertiary/aromatic N) is 1. The maximum atomic E-state index is 12.2.